The van der Waals surface area contributed by atoms with Crippen LogP contribution in [0.25, 0.3) is 0 Å². The van der Waals surface area contributed by atoms with Gasteiger partial charge in [0.05, 0.1) is 18.7 Å². The van der Waals surface area contributed by atoms with Gasteiger partial charge >= 0.3 is 0 Å². The fourth-order valence-electron chi connectivity index (χ4n) is 1.96. The van der Waals surface area contributed by atoms with E-state index in [-0.39, 0.29) is 17.7 Å². The number of ether oxygens (including phenoxy) is 1. The Labute approximate surface area is 131 Å². The number of hydrogen-bond donors (Lipinski definition) is 1. The van der Waals surface area contributed by atoms with Crippen LogP contribution >= 0.6 is 15.9 Å². The Morgan fingerprint density at radius 1 is 1.29 bits per heavy atom. The molecule has 21 heavy (non-hydrogen) atoms. The zero-order valence-electron chi connectivity index (χ0n) is 11.7. The first-order valence-corrected chi connectivity index (χ1v) is 7.21. The molecule has 2 aromatic rings. The van der Waals surface area contributed by atoms with Gasteiger partial charge in [-0.05, 0) is 52.7 Å². The van der Waals surface area contributed by atoms with E-state index in [1.54, 1.807) is 37.3 Å². The second kappa shape index (κ2) is 6.72. The molecule has 2 rings (SSSR count). The highest BCUT2D eigenvalue weighted by Crippen LogP contribution is 2.22. The lowest BCUT2D eigenvalue weighted by molar-refractivity contribution is 0.0939. The zero-order valence-corrected chi connectivity index (χ0v) is 13.3. The molecule has 0 saturated carbocycles. The third-order valence-electron chi connectivity index (χ3n) is 3.14. The monoisotopic (exact) mass is 351 g/mol. The third-order valence-corrected chi connectivity index (χ3v) is 3.83. The van der Waals surface area contributed by atoms with Crippen LogP contribution in [0.15, 0.2) is 46.9 Å². The van der Waals surface area contributed by atoms with Gasteiger partial charge in [0.1, 0.15) is 0 Å². The summed E-state index contributed by atoms with van der Waals surface area (Å²) in [6.45, 7) is 1.80. The molecule has 0 bridgehead atoms. The molecule has 110 valence electrons. The summed E-state index contributed by atoms with van der Waals surface area (Å²) in [5.41, 5.74) is 1.21. The van der Waals surface area contributed by atoms with Crippen molar-refractivity contribution in [1.82, 2.24) is 5.32 Å². The Hall–Kier alpha value is -1.88. The van der Waals surface area contributed by atoms with Crippen molar-refractivity contribution < 1.29 is 13.9 Å². The second-order valence-corrected chi connectivity index (χ2v) is 5.42. The summed E-state index contributed by atoms with van der Waals surface area (Å²) in [5, 5.41) is 2.84. The molecular weight excluding hydrogens is 337 g/mol. The quantitative estimate of drug-likeness (QED) is 0.900. The summed E-state index contributed by atoms with van der Waals surface area (Å²) < 4.78 is 19.3. The molecule has 0 aliphatic rings. The van der Waals surface area contributed by atoms with Crippen molar-refractivity contribution in [1.29, 1.82) is 0 Å². The van der Waals surface area contributed by atoms with Crippen molar-refractivity contribution in [2.24, 2.45) is 0 Å². The van der Waals surface area contributed by atoms with Gasteiger partial charge in [-0.3, -0.25) is 4.79 Å². The summed E-state index contributed by atoms with van der Waals surface area (Å²) in [6, 6.07) is 11.5. The predicted molar refractivity (Wildman–Crippen MR) is 83.0 cm³/mol. The van der Waals surface area contributed by atoms with Crippen molar-refractivity contribution in [3.63, 3.8) is 0 Å². The lowest BCUT2D eigenvalue weighted by Gasteiger charge is -2.15. The van der Waals surface area contributed by atoms with Crippen LogP contribution < -0.4 is 10.1 Å². The highest BCUT2D eigenvalue weighted by molar-refractivity contribution is 9.10. The minimum absolute atomic E-state index is 0.183. The van der Waals surface area contributed by atoms with Gasteiger partial charge in [0, 0.05) is 4.47 Å². The molecule has 0 aliphatic heterocycles. The highest BCUT2D eigenvalue weighted by atomic mass is 79.9. The Morgan fingerprint density at radius 3 is 2.62 bits per heavy atom. The van der Waals surface area contributed by atoms with Gasteiger partial charge in [-0.15, -0.1) is 0 Å². The molecule has 0 spiro atoms. The zero-order chi connectivity index (χ0) is 15.4. The van der Waals surface area contributed by atoms with Crippen LogP contribution in [-0.2, 0) is 0 Å². The van der Waals surface area contributed by atoms with Crippen molar-refractivity contribution in [3.8, 4) is 5.75 Å². The van der Waals surface area contributed by atoms with Crippen LogP contribution in [0.5, 0.6) is 5.75 Å². The maximum atomic E-state index is 13.7. The molecule has 3 nitrogen and oxygen atoms in total. The molecule has 1 amide bonds. The average Bonchev–Trinajstić information content (AvgIpc) is 2.47. The molecule has 0 heterocycles. The normalized spacial score (nSPS) is 11.8. The van der Waals surface area contributed by atoms with E-state index in [1.807, 2.05) is 6.07 Å². The first-order valence-electron chi connectivity index (χ1n) is 6.41. The standard InChI is InChI=1S/C16H15BrFNO2/c1-10(11-7-8-15(21-2)14(18)9-11)19-16(20)12-5-3-4-6-13(12)17/h3-10H,1-2H3,(H,19,20)/t10-/m0/s1. The molecular formula is C16H15BrFNO2. The molecule has 0 fully saturated rings. The van der Waals surface area contributed by atoms with Crippen LogP contribution in [0.1, 0.15) is 28.9 Å². The van der Waals surface area contributed by atoms with E-state index in [0.29, 0.717) is 11.1 Å². The number of methoxy groups -OCH3 is 1. The molecule has 1 atom stereocenters. The van der Waals surface area contributed by atoms with E-state index in [2.05, 4.69) is 21.2 Å². The molecule has 1 N–H and O–H groups in total. The molecule has 0 radical (unpaired) electrons. The molecule has 0 saturated heterocycles. The number of carbonyl (C=O) groups is 1. The smallest absolute Gasteiger partial charge is 0.252 e. The lowest BCUT2D eigenvalue weighted by atomic mass is 10.1. The van der Waals surface area contributed by atoms with Gasteiger partial charge in [-0.1, -0.05) is 18.2 Å². The second-order valence-electron chi connectivity index (χ2n) is 4.57. The fraction of sp³-hybridized carbons (Fsp3) is 0.188. The van der Waals surface area contributed by atoms with E-state index < -0.39 is 5.82 Å². The molecule has 0 unspecified atom stereocenters. The van der Waals surface area contributed by atoms with E-state index in [0.717, 1.165) is 4.47 Å². The summed E-state index contributed by atoms with van der Waals surface area (Å²) in [4.78, 5) is 12.2. The first kappa shape index (κ1) is 15.5. The Kier molecular flexibility index (Phi) is 4.96. The van der Waals surface area contributed by atoms with Crippen LogP contribution in [0.3, 0.4) is 0 Å². The van der Waals surface area contributed by atoms with Crippen molar-refractivity contribution in [2.75, 3.05) is 7.11 Å². The van der Waals surface area contributed by atoms with Gasteiger partial charge in [0.15, 0.2) is 11.6 Å². The molecule has 5 heteroatoms. The predicted octanol–water partition coefficient (Wildman–Crippen LogP) is 4.09. The SMILES string of the molecule is COc1ccc([C@H](C)NC(=O)c2ccccc2Br)cc1F. The summed E-state index contributed by atoms with van der Waals surface area (Å²) in [5.74, 6) is -0.480. The summed E-state index contributed by atoms with van der Waals surface area (Å²) in [6.07, 6.45) is 0. The van der Waals surface area contributed by atoms with Crippen LogP contribution in [-0.4, -0.2) is 13.0 Å². The van der Waals surface area contributed by atoms with Gasteiger partial charge in [0.25, 0.3) is 5.91 Å². The number of halogens is 2. The molecule has 0 aromatic heterocycles. The van der Waals surface area contributed by atoms with Crippen molar-refractivity contribution in [3.05, 3.63) is 63.9 Å². The van der Waals surface area contributed by atoms with Crippen LogP contribution in [0, 0.1) is 5.82 Å². The largest absolute Gasteiger partial charge is 0.494 e. The number of amides is 1. The maximum Gasteiger partial charge on any atom is 0.252 e. The topological polar surface area (TPSA) is 38.3 Å². The number of hydrogen-bond acceptors (Lipinski definition) is 2. The number of rotatable bonds is 4. The van der Waals surface area contributed by atoms with Gasteiger partial charge < -0.3 is 10.1 Å². The van der Waals surface area contributed by atoms with Crippen LogP contribution in [0.4, 0.5) is 4.39 Å². The minimum atomic E-state index is -0.447. The summed E-state index contributed by atoms with van der Waals surface area (Å²) in [7, 11) is 1.41. The van der Waals surface area contributed by atoms with E-state index in [9.17, 15) is 9.18 Å². The Bertz CT molecular complexity index is 660. The third kappa shape index (κ3) is 3.61. The Morgan fingerprint density at radius 2 is 2.00 bits per heavy atom. The maximum absolute atomic E-state index is 13.7. The first-order chi connectivity index (χ1) is 10.0. The van der Waals surface area contributed by atoms with E-state index in [4.69, 9.17) is 4.74 Å². The lowest BCUT2D eigenvalue weighted by Crippen LogP contribution is -2.27. The Balaban J connectivity index is 2.14. The van der Waals surface area contributed by atoms with Gasteiger partial charge in [-0.25, -0.2) is 4.39 Å². The molecule has 0 aliphatic carbocycles. The fourth-order valence-corrected chi connectivity index (χ4v) is 2.42. The number of nitrogens with one attached hydrogen (secondary N) is 1. The van der Waals surface area contributed by atoms with Gasteiger partial charge in [0.2, 0.25) is 0 Å². The van der Waals surface area contributed by atoms with E-state index >= 15 is 0 Å². The summed E-state index contributed by atoms with van der Waals surface area (Å²) >= 11 is 3.34. The van der Waals surface area contributed by atoms with Gasteiger partial charge in [-0.2, -0.15) is 0 Å². The highest BCUT2D eigenvalue weighted by Gasteiger charge is 2.15. The number of carbonyl (C=O) groups excluding carboxylic acids is 1. The van der Waals surface area contributed by atoms with Crippen LogP contribution in [0.2, 0.25) is 0 Å². The average molecular weight is 352 g/mol. The molecule has 2 aromatic carbocycles. The van der Waals surface area contributed by atoms with E-state index in [1.165, 1.54) is 13.2 Å². The van der Waals surface area contributed by atoms with Crippen molar-refractivity contribution >= 4 is 21.8 Å². The minimum Gasteiger partial charge on any atom is -0.494 e. The van der Waals surface area contributed by atoms with Crippen molar-refractivity contribution in [2.45, 2.75) is 13.0 Å². The number of benzene rings is 2.